The lowest BCUT2D eigenvalue weighted by molar-refractivity contribution is -0.268. The van der Waals surface area contributed by atoms with Crippen LogP contribution >= 0.6 is 0 Å². The molecule has 0 spiro atoms. The molecular formula is C30H58O4Si2. The Balaban J connectivity index is 3.31. The van der Waals surface area contributed by atoms with Gasteiger partial charge in [-0.25, -0.2) is 0 Å². The summed E-state index contributed by atoms with van der Waals surface area (Å²) < 4.78 is 26.8. The lowest BCUT2D eigenvalue weighted by Crippen LogP contribution is -2.55. The zero-order valence-electron chi connectivity index (χ0n) is 26.2. The van der Waals surface area contributed by atoms with Crippen molar-refractivity contribution in [2.45, 2.75) is 156 Å². The van der Waals surface area contributed by atoms with Crippen molar-refractivity contribution in [3.63, 3.8) is 0 Å². The van der Waals surface area contributed by atoms with E-state index in [4.69, 9.17) is 18.9 Å². The van der Waals surface area contributed by atoms with E-state index in [2.05, 4.69) is 121 Å². The molecule has 0 fully saturated rings. The normalized spacial score (nSPS) is 15.1. The van der Waals surface area contributed by atoms with Crippen LogP contribution in [0.4, 0.5) is 0 Å². The third-order valence-corrected chi connectivity index (χ3v) is 9.32. The van der Waals surface area contributed by atoms with E-state index in [1.54, 1.807) is 0 Å². The molecule has 0 aromatic heterocycles. The van der Waals surface area contributed by atoms with Gasteiger partial charge in [0.05, 0.1) is 22.4 Å². The molecule has 0 heterocycles. The van der Waals surface area contributed by atoms with E-state index in [1.165, 1.54) is 10.4 Å². The van der Waals surface area contributed by atoms with Crippen molar-refractivity contribution in [2.75, 3.05) is 0 Å². The van der Waals surface area contributed by atoms with Crippen LogP contribution in [0.3, 0.4) is 0 Å². The molecule has 0 bridgehead atoms. The number of rotatable bonds is 12. The Hall–Kier alpha value is -0.506. The van der Waals surface area contributed by atoms with Crippen molar-refractivity contribution >= 4 is 29.4 Å². The van der Waals surface area contributed by atoms with Crippen LogP contribution in [0.1, 0.15) is 123 Å². The van der Waals surface area contributed by atoms with Crippen molar-refractivity contribution < 1.29 is 18.9 Å². The van der Waals surface area contributed by atoms with E-state index in [9.17, 15) is 0 Å². The van der Waals surface area contributed by atoms with Crippen LogP contribution in [0.25, 0.3) is 0 Å². The van der Waals surface area contributed by atoms with E-state index in [0.717, 1.165) is 25.7 Å². The van der Waals surface area contributed by atoms with Crippen LogP contribution < -0.4 is 10.4 Å². The number of hydrogen-bond donors (Lipinski definition) is 0. The Morgan fingerprint density at radius 3 is 0.861 bits per heavy atom. The predicted octanol–water partition coefficient (Wildman–Crippen LogP) is 5.44. The van der Waals surface area contributed by atoms with Crippen molar-refractivity contribution in [3.05, 3.63) is 24.3 Å². The topological polar surface area (TPSA) is 36.9 Å². The molecule has 36 heavy (non-hydrogen) atoms. The number of hydrogen-bond acceptors (Lipinski definition) is 4. The molecule has 1 aromatic carbocycles. The number of benzene rings is 1. The Morgan fingerprint density at radius 1 is 0.472 bits per heavy atom. The molecule has 0 saturated carbocycles. The number of ether oxygens (including phenoxy) is 4. The Labute approximate surface area is 228 Å². The van der Waals surface area contributed by atoms with Crippen molar-refractivity contribution in [1.29, 1.82) is 0 Å². The molecule has 0 aliphatic rings. The average molecular weight is 539 g/mol. The second-order valence-electron chi connectivity index (χ2n) is 14.3. The molecule has 4 nitrogen and oxygen atoms in total. The smallest absolute Gasteiger partial charge is 0.151 e. The maximum atomic E-state index is 6.71. The summed E-state index contributed by atoms with van der Waals surface area (Å²) in [5, 5.41) is 2.73. The van der Waals surface area contributed by atoms with Crippen molar-refractivity contribution in [2.24, 2.45) is 0 Å². The van der Waals surface area contributed by atoms with Gasteiger partial charge in [-0.1, -0.05) is 61.3 Å². The first-order valence-corrected chi connectivity index (χ1v) is 16.8. The highest BCUT2D eigenvalue weighted by atomic mass is 28.2. The summed E-state index contributed by atoms with van der Waals surface area (Å²) in [5.74, 6) is 0. The van der Waals surface area contributed by atoms with Crippen molar-refractivity contribution in [1.82, 2.24) is 0 Å². The molecule has 0 N–H and O–H groups in total. The van der Waals surface area contributed by atoms with E-state index in [0.29, 0.717) is 0 Å². The monoisotopic (exact) mass is 538 g/mol. The molecule has 0 radical (unpaired) electrons. The highest BCUT2D eigenvalue weighted by Crippen LogP contribution is 2.32. The van der Waals surface area contributed by atoms with Crippen LogP contribution in [0.15, 0.2) is 24.3 Å². The van der Waals surface area contributed by atoms with Gasteiger partial charge in [-0.2, -0.15) is 0 Å². The van der Waals surface area contributed by atoms with Gasteiger partial charge in [-0.3, -0.25) is 0 Å². The largest absolute Gasteiger partial charge is 0.348 e. The van der Waals surface area contributed by atoms with Gasteiger partial charge >= 0.3 is 0 Å². The molecule has 0 unspecified atom stereocenters. The minimum Gasteiger partial charge on any atom is -0.348 e. The van der Waals surface area contributed by atoms with E-state index in [1.807, 2.05) is 0 Å². The Morgan fingerprint density at radius 2 is 0.694 bits per heavy atom. The predicted molar refractivity (Wildman–Crippen MR) is 161 cm³/mol. The fraction of sp³-hybridized carbons (Fsp3) is 0.800. The lowest BCUT2D eigenvalue weighted by atomic mass is 10.1. The maximum Gasteiger partial charge on any atom is 0.151 e. The van der Waals surface area contributed by atoms with Gasteiger partial charge < -0.3 is 18.9 Å². The summed E-state index contributed by atoms with van der Waals surface area (Å²) in [6.45, 7) is 30.0. The quantitative estimate of drug-likeness (QED) is 0.262. The van der Waals surface area contributed by atoms with Gasteiger partial charge in [0.25, 0.3) is 0 Å². The van der Waals surface area contributed by atoms with Crippen LogP contribution in [-0.2, 0) is 18.9 Å². The fourth-order valence-corrected chi connectivity index (χ4v) is 10.2. The Kier molecular flexibility index (Phi) is 11.7. The third kappa shape index (κ3) is 13.3. The standard InChI is InChI=1S/C30H58O4Si2/c1-15-21-29(31-25(3,4)5,32-26(6,7)8)35-23-17-19-24(20-18-23)36-30(22-16-2,33-27(9,10)11)34-28(12,13)14/h17-20H,15-16,21-22,35-36H2,1-14H3. The fourth-order valence-electron chi connectivity index (χ4n) is 4.96. The first-order valence-electron chi connectivity index (χ1n) is 14.0. The first kappa shape index (κ1) is 33.5. The van der Waals surface area contributed by atoms with Gasteiger partial charge in [0.1, 0.15) is 19.0 Å². The van der Waals surface area contributed by atoms with Gasteiger partial charge in [-0.15, -0.1) is 0 Å². The molecule has 210 valence electrons. The maximum absolute atomic E-state index is 6.71. The highest BCUT2D eigenvalue weighted by Gasteiger charge is 2.41. The summed E-state index contributed by atoms with van der Waals surface area (Å²) in [6.07, 6.45) is 3.86. The third-order valence-electron chi connectivity index (χ3n) is 5.20. The zero-order valence-corrected chi connectivity index (χ0v) is 29.0. The average Bonchev–Trinajstić information content (AvgIpc) is 2.57. The van der Waals surface area contributed by atoms with Crippen LogP contribution in [0.5, 0.6) is 0 Å². The molecule has 0 amide bonds. The minimum absolute atomic E-state index is 0.269. The molecule has 0 atom stereocenters. The van der Waals surface area contributed by atoms with Crippen LogP contribution in [-0.4, -0.2) is 52.3 Å². The molecule has 0 aliphatic heterocycles. The van der Waals surface area contributed by atoms with Gasteiger partial charge in [-0.05, 0) is 95.9 Å². The summed E-state index contributed by atoms with van der Waals surface area (Å²) in [6, 6.07) is 9.23. The van der Waals surface area contributed by atoms with Crippen molar-refractivity contribution in [3.8, 4) is 0 Å². The van der Waals surface area contributed by atoms with Gasteiger partial charge in [0, 0.05) is 0 Å². The van der Waals surface area contributed by atoms with E-state index >= 15 is 0 Å². The summed E-state index contributed by atoms with van der Waals surface area (Å²) in [7, 11) is -1.78. The van der Waals surface area contributed by atoms with E-state index < -0.39 is 29.9 Å². The molecule has 0 saturated heterocycles. The molecule has 6 heteroatoms. The first-order chi connectivity index (χ1) is 16.1. The summed E-state index contributed by atoms with van der Waals surface area (Å²) in [4.78, 5) is 0. The van der Waals surface area contributed by atoms with Crippen LogP contribution in [0.2, 0.25) is 0 Å². The molecule has 1 aromatic rings. The molecule has 1 rings (SSSR count). The lowest BCUT2D eigenvalue weighted by Gasteiger charge is -2.44. The second kappa shape index (κ2) is 12.6. The summed E-state index contributed by atoms with van der Waals surface area (Å²) in [5.41, 5.74) is -2.13. The van der Waals surface area contributed by atoms with Gasteiger partial charge in [0.2, 0.25) is 0 Å². The van der Waals surface area contributed by atoms with Gasteiger partial charge in [0.15, 0.2) is 10.8 Å². The second-order valence-corrected chi connectivity index (χ2v) is 18.8. The molecule has 0 aliphatic carbocycles. The molecular weight excluding hydrogens is 480 g/mol. The van der Waals surface area contributed by atoms with Crippen LogP contribution in [0, 0.1) is 0 Å². The SMILES string of the molecule is CCCC(OC(C)(C)C)(OC(C)(C)C)[SiH2]c1ccc([SiH2]C(CCC)(OC(C)(C)C)OC(C)(C)C)cc1. The zero-order chi connectivity index (χ0) is 28.1. The Bertz CT molecular complexity index is 679. The highest BCUT2D eigenvalue weighted by molar-refractivity contribution is 6.58. The van der Waals surface area contributed by atoms with E-state index in [-0.39, 0.29) is 22.4 Å². The minimum atomic E-state index is -0.889. The summed E-state index contributed by atoms with van der Waals surface area (Å²) >= 11 is 0.